The van der Waals surface area contributed by atoms with E-state index in [1.807, 2.05) is 66.2 Å². The molecule has 1 fully saturated rings. The van der Waals surface area contributed by atoms with Gasteiger partial charge in [-0.3, -0.25) is 10.1 Å². The van der Waals surface area contributed by atoms with E-state index < -0.39 is 17.5 Å². The summed E-state index contributed by atoms with van der Waals surface area (Å²) in [5.41, 5.74) is 2.96. The van der Waals surface area contributed by atoms with Crippen LogP contribution in [0.4, 0.5) is 4.79 Å². The number of fused-ring (bicyclic) bond motifs is 2. The van der Waals surface area contributed by atoms with Crippen molar-refractivity contribution in [3.8, 4) is 22.8 Å². The van der Waals surface area contributed by atoms with E-state index >= 15 is 0 Å². The van der Waals surface area contributed by atoms with Gasteiger partial charge in [0.15, 0.2) is 11.4 Å². The minimum Gasteiger partial charge on any atom is -0.497 e. The Balaban J connectivity index is 1.39. The number of imidazole rings is 1. The van der Waals surface area contributed by atoms with Gasteiger partial charge in [0.1, 0.15) is 11.4 Å². The molecule has 36 heavy (non-hydrogen) atoms. The number of aromatic nitrogens is 3. The van der Waals surface area contributed by atoms with Crippen LogP contribution in [-0.4, -0.2) is 38.1 Å². The molecule has 0 radical (unpaired) electrons. The van der Waals surface area contributed by atoms with Crippen LogP contribution in [-0.2, 0) is 16.9 Å². The molecule has 9 heteroatoms. The zero-order valence-electron chi connectivity index (χ0n) is 19.6. The lowest BCUT2D eigenvalue weighted by Gasteiger charge is -2.27. The maximum atomic E-state index is 13.1. The quantitative estimate of drug-likeness (QED) is 0.332. The first kappa shape index (κ1) is 21.7. The molecule has 1 atom stereocenters. The summed E-state index contributed by atoms with van der Waals surface area (Å²) in [5.74, 6) is 0.111. The molecule has 4 heterocycles. The van der Waals surface area contributed by atoms with Gasteiger partial charge in [-0.1, -0.05) is 24.3 Å². The van der Waals surface area contributed by atoms with Gasteiger partial charge in [-0.25, -0.2) is 9.78 Å². The Morgan fingerprint density at radius 3 is 2.50 bits per heavy atom. The van der Waals surface area contributed by atoms with Crippen LogP contribution >= 0.6 is 0 Å². The van der Waals surface area contributed by atoms with Gasteiger partial charge in [0, 0.05) is 29.4 Å². The summed E-state index contributed by atoms with van der Waals surface area (Å²) < 4.78 is 8.81. The lowest BCUT2D eigenvalue weighted by Crippen LogP contribution is -2.47. The van der Waals surface area contributed by atoms with Gasteiger partial charge < -0.3 is 24.1 Å². The average Bonchev–Trinajstić information content (AvgIpc) is 3.50. The lowest BCUT2D eigenvalue weighted by molar-refractivity contribution is -0.124. The molecule has 9 nitrogen and oxygen atoms in total. The molecule has 6 rings (SSSR count). The van der Waals surface area contributed by atoms with E-state index in [0.717, 1.165) is 27.9 Å². The number of pyridine rings is 1. The molecule has 0 bridgehead atoms. The molecule has 0 unspecified atom stereocenters. The van der Waals surface area contributed by atoms with Crippen LogP contribution in [0.1, 0.15) is 11.3 Å². The highest BCUT2D eigenvalue weighted by atomic mass is 16.5. The number of rotatable bonds is 5. The number of ether oxygens (including phenoxy) is 1. The Kier molecular flexibility index (Phi) is 4.75. The molecule has 1 aliphatic rings. The second kappa shape index (κ2) is 7.88. The number of benzene rings is 2. The summed E-state index contributed by atoms with van der Waals surface area (Å²) in [6, 6.07) is 16.2. The summed E-state index contributed by atoms with van der Waals surface area (Å²) in [5, 5.41) is 17.4. The van der Waals surface area contributed by atoms with Crippen molar-refractivity contribution >= 4 is 28.4 Å². The summed E-state index contributed by atoms with van der Waals surface area (Å²) in [4.78, 5) is 29.8. The zero-order valence-corrected chi connectivity index (χ0v) is 19.6. The van der Waals surface area contributed by atoms with E-state index in [-0.39, 0.29) is 12.4 Å². The van der Waals surface area contributed by atoms with Gasteiger partial charge in [-0.15, -0.1) is 0 Å². The third-order valence-electron chi connectivity index (χ3n) is 6.70. The van der Waals surface area contributed by atoms with Gasteiger partial charge >= 0.3 is 6.03 Å². The number of hydrogen-bond acceptors (Lipinski definition) is 5. The molecular weight excluding hydrogens is 458 g/mol. The summed E-state index contributed by atoms with van der Waals surface area (Å²) >= 11 is 0. The van der Waals surface area contributed by atoms with Gasteiger partial charge in [0.05, 0.1) is 19.3 Å². The molecule has 1 aliphatic heterocycles. The fraction of sp³-hybridized carbons (Fsp3) is 0.148. The fourth-order valence-corrected chi connectivity index (χ4v) is 4.86. The van der Waals surface area contributed by atoms with Crippen molar-refractivity contribution in [2.24, 2.45) is 0 Å². The van der Waals surface area contributed by atoms with E-state index in [4.69, 9.17) is 4.74 Å². The number of aryl methyl sites for hydroxylation is 1. The number of urea groups is 1. The average molecular weight is 482 g/mol. The highest BCUT2D eigenvalue weighted by molar-refractivity contribution is 6.07. The summed E-state index contributed by atoms with van der Waals surface area (Å²) in [6.07, 6.45) is 5.71. The number of carbonyl (C=O) groups is 2. The van der Waals surface area contributed by atoms with Gasteiger partial charge in [-0.2, -0.15) is 0 Å². The van der Waals surface area contributed by atoms with E-state index in [1.54, 1.807) is 30.0 Å². The van der Waals surface area contributed by atoms with E-state index in [0.29, 0.717) is 16.7 Å². The van der Waals surface area contributed by atoms with Crippen LogP contribution in [0.25, 0.3) is 27.5 Å². The molecule has 5 aromatic rings. The van der Waals surface area contributed by atoms with E-state index in [1.165, 1.54) is 0 Å². The molecule has 0 spiro atoms. The highest BCUT2D eigenvalue weighted by Crippen LogP contribution is 2.35. The van der Waals surface area contributed by atoms with Gasteiger partial charge in [0.2, 0.25) is 0 Å². The van der Waals surface area contributed by atoms with Crippen LogP contribution in [0.2, 0.25) is 0 Å². The largest absolute Gasteiger partial charge is 0.497 e. The molecule has 2 aromatic carbocycles. The summed E-state index contributed by atoms with van der Waals surface area (Å²) in [6.45, 7) is 1.96. The number of carbonyl (C=O) groups excluding carboxylic acids is 2. The van der Waals surface area contributed by atoms with Crippen molar-refractivity contribution in [1.82, 2.24) is 24.6 Å². The number of hydrogen-bond donors (Lipinski definition) is 3. The SMILES string of the molecule is COc1ccc2cn(C[C@@]3(c4ccc(-c5ccc6nc(C)cn6c5)cc4)NC(=O)NC3=O)c(O)c2c1. The Morgan fingerprint density at radius 2 is 1.78 bits per heavy atom. The fourth-order valence-electron chi connectivity index (χ4n) is 4.86. The molecule has 3 N–H and O–H groups in total. The monoisotopic (exact) mass is 481 g/mol. The van der Waals surface area contributed by atoms with Crippen LogP contribution < -0.4 is 15.4 Å². The molecular formula is C27H23N5O4. The van der Waals surface area contributed by atoms with Crippen LogP contribution in [0.5, 0.6) is 11.6 Å². The Hall–Kier alpha value is -4.79. The molecule has 0 aliphatic carbocycles. The second-order valence-electron chi connectivity index (χ2n) is 8.99. The van der Waals surface area contributed by atoms with Crippen LogP contribution in [0.15, 0.2) is 73.2 Å². The van der Waals surface area contributed by atoms with Gasteiger partial charge in [-0.05, 0) is 53.9 Å². The minimum absolute atomic E-state index is 0.00697. The normalized spacial score (nSPS) is 17.5. The van der Waals surface area contributed by atoms with Crippen molar-refractivity contribution in [2.45, 2.75) is 19.0 Å². The first-order chi connectivity index (χ1) is 17.4. The van der Waals surface area contributed by atoms with Crippen LogP contribution in [0, 0.1) is 6.92 Å². The maximum absolute atomic E-state index is 13.1. The summed E-state index contributed by atoms with van der Waals surface area (Å²) in [7, 11) is 1.56. The second-order valence-corrected chi connectivity index (χ2v) is 8.99. The highest BCUT2D eigenvalue weighted by Gasteiger charge is 2.48. The third-order valence-corrected chi connectivity index (χ3v) is 6.70. The first-order valence-corrected chi connectivity index (χ1v) is 11.4. The molecule has 3 aromatic heterocycles. The predicted molar refractivity (Wildman–Crippen MR) is 134 cm³/mol. The van der Waals surface area contributed by atoms with Crippen molar-refractivity contribution in [3.63, 3.8) is 0 Å². The van der Waals surface area contributed by atoms with E-state index in [2.05, 4.69) is 15.6 Å². The van der Waals surface area contributed by atoms with E-state index in [9.17, 15) is 14.7 Å². The molecule has 3 amide bonds. The number of nitrogens with zero attached hydrogens (tertiary/aromatic N) is 3. The minimum atomic E-state index is -1.39. The Morgan fingerprint density at radius 1 is 1.00 bits per heavy atom. The van der Waals surface area contributed by atoms with Crippen molar-refractivity contribution in [3.05, 3.63) is 84.4 Å². The molecule has 180 valence electrons. The smallest absolute Gasteiger partial charge is 0.322 e. The third kappa shape index (κ3) is 3.36. The predicted octanol–water partition coefficient (Wildman–Crippen LogP) is 3.71. The number of amides is 3. The number of nitrogens with one attached hydrogen (secondary N) is 2. The number of methoxy groups -OCH3 is 1. The molecule has 1 saturated heterocycles. The zero-order chi connectivity index (χ0) is 25.0. The van der Waals surface area contributed by atoms with Gasteiger partial charge in [0.25, 0.3) is 5.91 Å². The van der Waals surface area contributed by atoms with Crippen LogP contribution in [0.3, 0.4) is 0 Å². The standard InChI is InChI=1S/C27H23N5O4/c1-16-12-31-13-18(6-10-23(31)28-16)17-3-7-20(8-4-17)27(25(34)29-26(35)30-27)15-32-14-19-5-9-21(36-2)11-22(19)24(32)33/h3-14,33H,15H2,1-2H3,(H2,29,30,34,35)/t27-/m0/s1. The number of aromatic hydroxyl groups is 1. The lowest BCUT2D eigenvalue weighted by atomic mass is 9.88. The number of imide groups is 1. The van der Waals surface area contributed by atoms with Crippen molar-refractivity contribution in [1.29, 1.82) is 0 Å². The van der Waals surface area contributed by atoms with Crippen molar-refractivity contribution < 1.29 is 19.4 Å². The van der Waals surface area contributed by atoms with Crippen molar-refractivity contribution in [2.75, 3.05) is 7.11 Å². The maximum Gasteiger partial charge on any atom is 0.322 e. The topological polar surface area (TPSA) is 110 Å². The first-order valence-electron chi connectivity index (χ1n) is 11.4. The Bertz CT molecular complexity index is 1670. The Labute approximate surface area is 205 Å². The molecule has 0 saturated carbocycles.